The third kappa shape index (κ3) is 2.32. The van der Waals surface area contributed by atoms with Gasteiger partial charge in [-0.05, 0) is 31.2 Å². The van der Waals surface area contributed by atoms with E-state index in [-0.39, 0.29) is 11.8 Å². The summed E-state index contributed by atoms with van der Waals surface area (Å²) in [7, 11) is 0. The van der Waals surface area contributed by atoms with Gasteiger partial charge in [0.15, 0.2) is 0 Å². The first-order chi connectivity index (χ1) is 9.63. The number of carbonyl (C=O) groups is 2. The SMILES string of the molecule is Cc1ccc(CNC(=O)[C@@H]2Cn3cccc3C(=O)N2)o1. The highest BCUT2D eigenvalue weighted by Crippen LogP contribution is 2.10. The molecule has 2 aromatic heterocycles. The van der Waals surface area contributed by atoms with Crippen molar-refractivity contribution in [2.75, 3.05) is 0 Å². The molecule has 0 saturated heterocycles. The van der Waals surface area contributed by atoms with Crippen molar-refractivity contribution in [1.82, 2.24) is 15.2 Å². The molecule has 6 nitrogen and oxygen atoms in total. The van der Waals surface area contributed by atoms with Crippen LogP contribution in [0.3, 0.4) is 0 Å². The van der Waals surface area contributed by atoms with Gasteiger partial charge in [-0.1, -0.05) is 0 Å². The van der Waals surface area contributed by atoms with E-state index in [0.717, 1.165) is 5.76 Å². The Kier molecular flexibility index (Phi) is 3.06. The predicted molar refractivity (Wildman–Crippen MR) is 71.0 cm³/mol. The summed E-state index contributed by atoms with van der Waals surface area (Å²) < 4.78 is 7.16. The van der Waals surface area contributed by atoms with Gasteiger partial charge in [0.2, 0.25) is 5.91 Å². The lowest BCUT2D eigenvalue weighted by molar-refractivity contribution is -0.123. The molecule has 1 aliphatic heterocycles. The molecule has 0 bridgehead atoms. The van der Waals surface area contributed by atoms with Gasteiger partial charge in [-0.3, -0.25) is 9.59 Å². The number of aromatic nitrogens is 1. The topological polar surface area (TPSA) is 76.3 Å². The lowest BCUT2D eigenvalue weighted by atomic mass is 10.2. The van der Waals surface area contributed by atoms with Crippen molar-refractivity contribution in [2.24, 2.45) is 0 Å². The van der Waals surface area contributed by atoms with Crippen molar-refractivity contribution in [3.63, 3.8) is 0 Å². The monoisotopic (exact) mass is 273 g/mol. The lowest BCUT2D eigenvalue weighted by Crippen LogP contribution is -2.52. The first kappa shape index (κ1) is 12.5. The fraction of sp³-hybridized carbons (Fsp3) is 0.286. The molecule has 20 heavy (non-hydrogen) atoms. The normalized spacial score (nSPS) is 17.4. The van der Waals surface area contributed by atoms with E-state index in [1.54, 1.807) is 22.9 Å². The number of hydrogen-bond acceptors (Lipinski definition) is 3. The molecule has 3 heterocycles. The van der Waals surface area contributed by atoms with Crippen LogP contribution in [0.1, 0.15) is 22.0 Å². The highest BCUT2D eigenvalue weighted by molar-refractivity contribution is 5.97. The summed E-state index contributed by atoms with van der Waals surface area (Å²) in [6.45, 7) is 2.61. The number of furan rings is 1. The Hall–Kier alpha value is -2.50. The second-order valence-corrected chi connectivity index (χ2v) is 4.80. The molecule has 0 aromatic carbocycles. The van der Waals surface area contributed by atoms with Gasteiger partial charge in [-0.15, -0.1) is 0 Å². The average molecular weight is 273 g/mol. The maximum absolute atomic E-state index is 12.1. The Labute approximate surface area is 115 Å². The zero-order chi connectivity index (χ0) is 14.1. The molecule has 0 fully saturated rings. The molecule has 1 atom stereocenters. The van der Waals surface area contributed by atoms with Crippen LogP contribution in [0.4, 0.5) is 0 Å². The molecular weight excluding hydrogens is 258 g/mol. The third-order valence-electron chi connectivity index (χ3n) is 3.30. The number of amides is 2. The van der Waals surface area contributed by atoms with Crippen molar-refractivity contribution >= 4 is 11.8 Å². The van der Waals surface area contributed by atoms with E-state index in [1.807, 2.05) is 19.1 Å². The first-order valence-corrected chi connectivity index (χ1v) is 6.42. The summed E-state index contributed by atoms with van der Waals surface area (Å²) in [5.74, 6) is 1.05. The van der Waals surface area contributed by atoms with Crippen LogP contribution < -0.4 is 10.6 Å². The Balaban J connectivity index is 1.62. The summed E-state index contributed by atoms with van der Waals surface area (Å²) in [5, 5.41) is 5.46. The minimum absolute atomic E-state index is 0.216. The Morgan fingerprint density at radius 1 is 1.50 bits per heavy atom. The zero-order valence-corrected chi connectivity index (χ0v) is 11.1. The summed E-state index contributed by atoms with van der Waals surface area (Å²) in [5.41, 5.74) is 0.579. The van der Waals surface area contributed by atoms with E-state index in [1.165, 1.54) is 0 Å². The minimum Gasteiger partial charge on any atom is -0.465 e. The second kappa shape index (κ2) is 4.88. The number of nitrogens with one attached hydrogen (secondary N) is 2. The smallest absolute Gasteiger partial charge is 0.268 e. The number of carbonyl (C=O) groups excluding carboxylic acids is 2. The summed E-state index contributed by atoms with van der Waals surface area (Å²) in [6, 6.07) is 6.63. The number of hydrogen-bond donors (Lipinski definition) is 2. The molecule has 0 radical (unpaired) electrons. The number of rotatable bonds is 3. The lowest BCUT2D eigenvalue weighted by Gasteiger charge is -2.24. The highest BCUT2D eigenvalue weighted by Gasteiger charge is 2.28. The van der Waals surface area contributed by atoms with Gasteiger partial charge in [0.25, 0.3) is 5.91 Å². The van der Waals surface area contributed by atoms with E-state index in [9.17, 15) is 9.59 Å². The van der Waals surface area contributed by atoms with Crippen LogP contribution in [0.25, 0.3) is 0 Å². The van der Waals surface area contributed by atoms with Crippen molar-refractivity contribution in [3.05, 3.63) is 47.7 Å². The van der Waals surface area contributed by atoms with E-state index >= 15 is 0 Å². The van der Waals surface area contributed by atoms with Crippen LogP contribution in [-0.2, 0) is 17.9 Å². The van der Waals surface area contributed by atoms with Gasteiger partial charge >= 0.3 is 0 Å². The molecule has 0 saturated carbocycles. The first-order valence-electron chi connectivity index (χ1n) is 6.42. The van der Waals surface area contributed by atoms with Crippen LogP contribution in [0, 0.1) is 6.92 Å². The molecule has 1 aliphatic rings. The van der Waals surface area contributed by atoms with Gasteiger partial charge in [-0.25, -0.2) is 0 Å². The van der Waals surface area contributed by atoms with Crippen molar-refractivity contribution in [1.29, 1.82) is 0 Å². The summed E-state index contributed by atoms with van der Waals surface area (Å²) in [6.07, 6.45) is 1.80. The van der Waals surface area contributed by atoms with Crippen LogP contribution in [0.15, 0.2) is 34.9 Å². The maximum atomic E-state index is 12.1. The number of nitrogens with zero attached hydrogens (tertiary/aromatic N) is 1. The second-order valence-electron chi connectivity index (χ2n) is 4.80. The van der Waals surface area contributed by atoms with Crippen LogP contribution in [0.2, 0.25) is 0 Å². The van der Waals surface area contributed by atoms with Crippen molar-refractivity contribution in [3.8, 4) is 0 Å². The maximum Gasteiger partial charge on any atom is 0.268 e. The average Bonchev–Trinajstić information content (AvgIpc) is 3.04. The Bertz CT molecular complexity index is 656. The molecule has 2 aromatic rings. The molecule has 3 rings (SSSR count). The molecule has 6 heteroatoms. The van der Waals surface area contributed by atoms with E-state index in [2.05, 4.69) is 10.6 Å². The van der Waals surface area contributed by atoms with E-state index in [0.29, 0.717) is 24.5 Å². The molecule has 0 aliphatic carbocycles. The molecule has 2 N–H and O–H groups in total. The molecule has 0 spiro atoms. The quantitative estimate of drug-likeness (QED) is 0.869. The fourth-order valence-corrected chi connectivity index (χ4v) is 2.28. The largest absolute Gasteiger partial charge is 0.465 e. The van der Waals surface area contributed by atoms with Crippen LogP contribution in [-0.4, -0.2) is 22.4 Å². The Morgan fingerprint density at radius 2 is 2.35 bits per heavy atom. The number of aryl methyl sites for hydroxylation is 1. The van der Waals surface area contributed by atoms with Gasteiger partial charge in [-0.2, -0.15) is 0 Å². The van der Waals surface area contributed by atoms with Gasteiger partial charge in [0.05, 0.1) is 13.1 Å². The van der Waals surface area contributed by atoms with Crippen LogP contribution >= 0.6 is 0 Å². The zero-order valence-electron chi connectivity index (χ0n) is 11.1. The Morgan fingerprint density at radius 3 is 3.10 bits per heavy atom. The number of fused-ring (bicyclic) bond motifs is 1. The van der Waals surface area contributed by atoms with Crippen molar-refractivity contribution in [2.45, 2.75) is 26.1 Å². The fourth-order valence-electron chi connectivity index (χ4n) is 2.28. The standard InChI is InChI=1S/C14H15N3O3/c1-9-4-5-10(20-9)7-15-13(18)11-8-17-6-2-3-12(17)14(19)16-11/h2-6,11H,7-8H2,1H3,(H,15,18)(H,16,19)/t11-/m0/s1. The highest BCUT2D eigenvalue weighted by atomic mass is 16.3. The third-order valence-corrected chi connectivity index (χ3v) is 3.30. The van der Waals surface area contributed by atoms with Gasteiger partial charge in [0.1, 0.15) is 23.3 Å². The summed E-state index contributed by atoms with van der Waals surface area (Å²) in [4.78, 5) is 23.9. The van der Waals surface area contributed by atoms with Crippen LogP contribution in [0.5, 0.6) is 0 Å². The van der Waals surface area contributed by atoms with Crippen molar-refractivity contribution < 1.29 is 14.0 Å². The molecule has 0 unspecified atom stereocenters. The predicted octanol–water partition coefficient (Wildman–Crippen LogP) is 0.818. The molecular formula is C14H15N3O3. The van der Waals surface area contributed by atoms with E-state index < -0.39 is 6.04 Å². The van der Waals surface area contributed by atoms with E-state index in [4.69, 9.17) is 4.42 Å². The summed E-state index contributed by atoms with van der Waals surface area (Å²) >= 11 is 0. The molecule has 104 valence electrons. The molecule has 2 amide bonds. The minimum atomic E-state index is -0.557. The van der Waals surface area contributed by atoms with Gasteiger partial charge in [0, 0.05) is 6.20 Å². The van der Waals surface area contributed by atoms with Gasteiger partial charge < -0.3 is 19.6 Å².